The minimum atomic E-state index is 0.711. The molecule has 0 amide bonds. The molecule has 0 aliphatic carbocycles. The molecule has 4 nitrogen and oxygen atoms in total. The summed E-state index contributed by atoms with van der Waals surface area (Å²) >= 11 is 3.45. The number of aromatic nitrogens is 2. The molecule has 0 bridgehead atoms. The molecule has 0 fully saturated rings. The van der Waals surface area contributed by atoms with E-state index < -0.39 is 0 Å². The molecule has 0 aliphatic rings. The SMILES string of the molecule is CNCc1ccc(-c2cc(Br)ccc2OC)nn1. The lowest BCUT2D eigenvalue weighted by Crippen LogP contribution is -2.07. The van der Waals surface area contributed by atoms with E-state index in [1.807, 2.05) is 37.4 Å². The molecule has 18 heavy (non-hydrogen) atoms. The number of benzene rings is 1. The fourth-order valence-electron chi connectivity index (χ4n) is 1.66. The Balaban J connectivity index is 2.38. The lowest BCUT2D eigenvalue weighted by molar-refractivity contribution is 0.416. The summed E-state index contributed by atoms with van der Waals surface area (Å²) in [6.07, 6.45) is 0. The van der Waals surface area contributed by atoms with Crippen LogP contribution in [0.15, 0.2) is 34.8 Å². The number of hydrogen-bond donors (Lipinski definition) is 1. The Morgan fingerprint density at radius 2 is 2.06 bits per heavy atom. The molecule has 0 aliphatic heterocycles. The first kappa shape index (κ1) is 13.0. The number of hydrogen-bond acceptors (Lipinski definition) is 4. The standard InChI is InChI=1S/C13H14BrN3O/c1-15-8-10-4-5-12(17-16-10)11-7-9(14)3-6-13(11)18-2/h3-7,15H,8H2,1-2H3. The number of ether oxygens (including phenoxy) is 1. The van der Waals surface area contributed by atoms with E-state index in [0.717, 1.165) is 27.2 Å². The highest BCUT2D eigenvalue weighted by atomic mass is 79.9. The lowest BCUT2D eigenvalue weighted by atomic mass is 10.1. The van der Waals surface area contributed by atoms with Gasteiger partial charge >= 0.3 is 0 Å². The minimum absolute atomic E-state index is 0.711. The molecule has 94 valence electrons. The molecule has 0 radical (unpaired) electrons. The number of nitrogens with zero attached hydrogens (tertiary/aromatic N) is 2. The molecule has 0 spiro atoms. The van der Waals surface area contributed by atoms with Crippen LogP contribution in [-0.2, 0) is 6.54 Å². The van der Waals surface area contributed by atoms with Crippen LogP contribution in [0, 0.1) is 0 Å². The number of methoxy groups -OCH3 is 1. The molecular formula is C13H14BrN3O. The van der Waals surface area contributed by atoms with E-state index in [1.165, 1.54) is 0 Å². The Hall–Kier alpha value is -1.46. The summed E-state index contributed by atoms with van der Waals surface area (Å²) in [5.41, 5.74) is 2.64. The second kappa shape index (κ2) is 5.93. The van der Waals surface area contributed by atoms with Gasteiger partial charge in [0.25, 0.3) is 0 Å². The van der Waals surface area contributed by atoms with Crippen molar-refractivity contribution < 1.29 is 4.74 Å². The summed E-state index contributed by atoms with van der Waals surface area (Å²) in [5, 5.41) is 11.4. The van der Waals surface area contributed by atoms with E-state index in [0.29, 0.717) is 6.54 Å². The van der Waals surface area contributed by atoms with Gasteiger partial charge in [0.2, 0.25) is 0 Å². The Labute approximate surface area is 115 Å². The van der Waals surface area contributed by atoms with Crippen molar-refractivity contribution in [2.75, 3.05) is 14.2 Å². The van der Waals surface area contributed by atoms with Crippen molar-refractivity contribution in [3.8, 4) is 17.0 Å². The van der Waals surface area contributed by atoms with Crippen molar-refractivity contribution in [3.05, 3.63) is 40.5 Å². The highest BCUT2D eigenvalue weighted by molar-refractivity contribution is 9.10. The summed E-state index contributed by atoms with van der Waals surface area (Å²) in [6.45, 7) is 0.711. The minimum Gasteiger partial charge on any atom is -0.496 e. The molecule has 1 N–H and O–H groups in total. The average Bonchev–Trinajstić information content (AvgIpc) is 2.40. The van der Waals surface area contributed by atoms with Crippen LogP contribution in [0.2, 0.25) is 0 Å². The zero-order chi connectivity index (χ0) is 13.0. The van der Waals surface area contributed by atoms with Crippen molar-refractivity contribution in [1.29, 1.82) is 0 Å². The van der Waals surface area contributed by atoms with Crippen molar-refractivity contribution in [2.24, 2.45) is 0 Å². The van der Waals surface area contributed by atoms with Gasteiger partial charge in [-0.05, 0) is 37.4 Å². The maximum atomic E-state index is 5.33. The first-order valence-electron chi connectivity index (χ1n) is 5.55. The molecule has 0 unspecified atom stereocenters. The van der Waals surface area contributed by atoms with E-state index in [1.54, 1.807) is 7.11 Å². The Morgan fingerprint density at radius 1 is 1.22 bits per heavy atom. The van der Waals surface area contributed by atoms with Gasteiger partial charge in [-0.15, -0.1) is 0 Å². The largest absolute Gasteiger partial charge is 0.496 e. The predicted molar refractivity (Wildman–Crippen MR) is 74.5 cm³/mol. The van der Waals surface area contributed by atoms with Crippen molar-refractivity contribution >= 4 is 15.9 Å². The zero-order valence-electron chi connectivity index (χ0n) is 10.3. The average molecular weight is 308 g/mol. The Morgan fingerprint density at radius 3 is 2.67 bits per heavy atom. The molecular weight excluding hydrogens is 294 g/mol. The van der Waals surface area contributed by atoms with Crippen molar-refractivity contribution in [1.82, 2.24) is 15.5 Å². The Bertz CT molecular complexity index is 528. The number of halogens is 1. The van der Waals surface area contributed by atoms with Gasteiger partial charge in [-0.1, -0.05) is 15.9 Å². The second-order valence-corrected chi connectivity index (χ2v) is 4.70. The maximum absolute atomic E-state index is 5.33. The third-order valence-electron chi connectivity index (χ3n) is 2.52. The van der Waals surface area contributed by atoms with Crippen LogP contribution < -0.4 is 10.1 Å². The molecule has 1 heterocycles. The molecule has 2 aromatic rings. The zero-order valence-corrected chi connectivity index (χ0v) is 11.9. The maximum Gasteiger partial charge on any atom is 0.128 e. The quantitative estimate of drug-likeness (QED) is 0.943. The monoisotopic (exact) mass is 307 g/mol. The fraction of sp³-hybridized carbons (Fsp3) is 0.231. The highest BCUT2D eigenvalue weighted by Crippen LogP contribution is 2.30. The van der Waals surface area contributed by atoms with Crippen LogP contribution in [0.25, 0.3) is 11.3 Å². The number of nitrogens with one attached hydrogen (secondary N) is 1. The van der Waals surface area contributed by atoms with Gasteiger partial charge in [0, 0.05) is 16.6 Å². The summed E-state index contributed by atoms with van der Waals surface area (Å²) in [6, 6.07) is 9.72. The predicted octanol–water partition coefficient (Wildman–Crippen LogP) is 2.63. The molecule has 1 aromatic carbocycles. The molecule has 1 aromatic heterocycles. The summed E-state index contributed by atoms with van der Waals surface area (Å²) in [4.78, 5) is 0. The number of rotatable bonds is 4. The van der Waals surface area contributed by atoms with Crippen LogP contribution in [0.3, 0.4) is 0 Å². The molecule has 0 saturated carbocycles. The van der Waals surface area contributed by atoms with E-state index >= 15 is 0 Å². The lowest BCUT2D eigenvalue weighted by Gasteiger charge is -2.08. The first-order chi connectivity index (χ1) is 8.74. The van der Waals surface area contributed by atoms with Gasteiger partial charge in [0.1, 0.15) is 5.75 Å². The first-order valence-corrected chi connectivity index (χ1v) is 6.35. The fourth-order valence-corrected chi connectivity index (χ4v) is 2.02. The van der Waals surface area contributed by atoms with E-state index in [4.69, 9.17) is 4.74 Å². The van der Waals surface area contributed by atoms with Crippen LogP contribution in [0.5, 0.6) is 5.75 Å². The molecule has 2 rings (SSSR count). The van der Waals surface area contributed by atoms with Crippen LogP contribution >= 0.6 is 15.9 Å². The third kappa shape index (κ3) is 2.86. The van der Waals surface area contributed by atoms with Gasteiger partial charge < -0.3 is 10.1 Å². The van der Waals surface area contributed by atoms with Crippen LogP contribution in [-0.4, -0.2) is 24.4 Å². The van der Waals surface area contributed by atoms with Gasteiger partial charge in [-0.3, -0.25) is 0 Å². The molecule has 5 heteroatoms. The van der Waals surface area contributed by atoms with Gasteiger partial charge in [-0.25, -0.2) is 0 Å². The Kier molecular flexibility index (Phi) is 4.28. The van der Waals surface area contributed by atoms with Gasteiger partial charge in [-0.2, -0.15) is 10.2 Å². The highest BCUT2D eigenvalue weighted by Gasteiger charge is 2.08. The summed E-state index contributed by atoms with van der Waals surface area (Å²) in [5.74, 6) is 0.786. The molecule has 0 saturated heterocycles. The van der Waals surface area contributed by atoms with Crippen molar-refractivity contribution in [2.45, 2.75) is 6.54 Å². The smallest absolute Gasteiger partial charge is 0.128 e. The van der Waals surface area contributed by atoms with Crippen LogP contribution in [0.1, 0.15) is 5.69 Å². The van der Waals surface area contributed by atoms with Gasteiger partial charge in [0.05, 0.1) is 18.5 Å². The third-order valence-corrected chi connectivity index (χ3v) is 3.01. The van der Waals surface area contributed by atoms with Gasteiger partial charge in [0.15, 0.2) is 0 Å². The molecule has 0 atom stereocenters. The van der Waals surface area contributed by atoms with E-state index in [-0.39, 0.29) is 0 Å². The second-order valence-electron chi connectivity index (χ2n) is 3.78. The summed E-state index contributed by atoms with van der Waals surface area (Å²) < 4.78 is 6.32. The summed E-state index contributed by atoms with van der Waals surface area (Å²) in [7, 11) is 3.53. The van der Waals surface area contributed by atoms with E-state index in [9.17, 15) is 0 Å². The van der Waals surface area contributed by atoms with Crippen molar-refractivity contribution in [3.63, 3.8) is 0 Å². The topological polar surface area (TPSA) is 47.0 Å². The van der Waals surface area contributed by atoms with Crippen LogP contribution in [0.4, 0.5) is 0 Å². The van der Waals surface area contributed by atoms with E-state index in [2.05, 4.69) is 31.4 Å². The normalized spacial score (nSPS) is 10.4.